The van der Waals surface area contributed by atoms with Crippen LogP contribution >= 0.6 is 0 Å². The molecule has 0 saturated heterocycles. The molecule has 1 atom stereocenters. The highest BCUT2D eigenvalue weighted by molar-refractivity contribution is 5.88. The number of rotatable bonds is 10. The van der Waals surface area contributed by atoms with Crippen LogP contribution in [0.15, 0.2) is 42.5 Å². The maximum absolute atomic E-state index is 13.3. The minimum absolute atomic E-state index is 0.179. The Balaban J connectivity index is 2.20. The molecule has 6 heteroatoms. The third-order valence-electron chi connectivity index (χ3n) is 4.76. The van der Waals surface area contributed by atoms with Crippen molar-refractivity contribution < 1.29 is 18.7 Å². The normalized spacial score (nSPS) is 11.6. The van der Waals surface area contributed by atoms with Crippen LogP contribution in [0.2, 0.25) is 0 Å². The summed E-state index contributed by atoms with van der Waals surface area (Å²) in [6, 6.07) is 11.1. The van der Waals surface area contributed by atoms with Crippen LogP contribution in [0.25, 0.3) is 0 Å². The number of carbonyl (C=O) groups is 2. The van der Waals surface area contributed by atoms with E-state index >= 15 is 0 Å². The number of carbonyl (C=O) groups excluding carboxylic acids is 2. The Labute approximate surface area is 178 Å². The molecule has 0 heterocycles. The lowest BCUT2D eigenvalue weighted by Gasteiger charge is -2.30. The van der Waals surface area contributed by atoms with Gasteiger partial charge in [-0.3, -0.25) is 9.59 Å². The number of ether oxygens (including phenoxy) is 1. The maximum Gasteiger partial charge on any atom is 0.261 e. The van der Waals surface area contributed by atoms with Crippen molar-refractivity contribution >= 4 is 11.8 Å². The number of hydrogen-bond donors (Lipinski definition) is 1. The molecule has 0 aliphatic rings. The molecule has 5 nitrogen and oxygen atoms in total. The molecule has 0 aromatic heterocycles. The molecule has 1 N–H and O–H groups in total. The van der Waals surface area contributed by atoms with Gasteiger partial charge in [0.15, 0.2) is 6.61 Å². The van der Waals surface area contributed by atoms with Crippen LogP contribution in [0.5, 0.6) is 5.75 Å². The lowest BCUT2D eigenvalue weighted by Crippen LogP contribution is -2.50. The van der Waals surface area contributed by atoms with Crippen LogP contribution in [0, 0.1) is 19.7 Å². The van der Waals surface area contributed by atoms with Crippen molar-refractivity contribution in [2.24, 2.45) is 0 Å². The summed E-state index contributed by atoms with van der Waals surface area (Å²) in [7, 11) is 0. The van der Waals surface area contributed by atoms with E-state index in [-0.39, 0.29) is 30.8 Å². The molecule has 0 bridgehead atoms. The van der Waals surface area contributed by atoms with Crippen molar-refractivity contribution in [1.82, 2.24) is 10.2 Å². The molecule has 2 aromatic carbocycles. The average Bonchev–Trinajstić information content (AvgIpc) is 2.71. The van der Waals surface area contributed by atoms with Crippen LogP contribution in [-0.2, 0) is 16.1 Å². The third kappa shape index (κ3) is 6.87. The van der Waals surface area contributed by atoms with Crippen molar-refractivity contribution in [2.75, 3.05) is 13.2 Å². The van der Waals surface area contributed by atoms with Gasteiger partial charge >= 0.3 is 0 Å². The average molecular weight is 415 g/mol. The quantitative estimate of drug-likeness (QED) is 0.635. The Kier molecular flexibility index (Phi) is 8.84. The summed E-state index contributed by atoms with van der Waals surface area (Å²) in [5.74, 6) is -0.216. The smallest absolute Gasteiger partial charge is 0.261 e. The molecule has 1 unspecified atom stereocenters. The summed E-state index contributed by atoms with van der Waals surface area (Å²) < 4.78 is 19.0. The zero-order chi connectivity index (χ0) is 22.1. The molecule has 0 spiro atoms. The Morgan fingerprint density at radius 1 is 1.07 bits per heavy atom. The van der Waals surface area contributed by atoms with Crippen molar-refractivity contribution in [3.05, 3.63) is 65.0 Å². The van der Waals surface area contributed by atoms with Crippen molar-refractivity contribution in [2.45, 2.75) is 53.1 Å². The number of amides is 2. The number of benzene rings is 2. The standard InChI is InChI=1S/C24H31FN2O3/c1-5-11-26-24(29)22(6-2)27(15-19-7-9-20(25)10-8-19)23(28)16-30-21-13-17(3)12-18(4)14-21/h7-10,12-14,22H,5-6,11,15-16H2,1-4H3,(H,26,29). The Hall–Kier alpha value is -2.89. The summed E-state index contributed by atoms with van der Waals surface area (Å²) in [5.41, 5.74) is 2.84. The van der Waals surface area contributed by atoms with Crippen LogP contribution in [0.4, 0.5) is 4.39 Å². The van der Waals surface area contributed by atoms with E-state index < -0.39 is 6.04 Å². The summed E-state index contributed by atoms with van der Waals surface area (Å²) >= 11 is 0. The van der Waals surface area contributed by atoms with Gasteiger partial charge < -0.3 is 15.0 Å². The highest BCUT2D eigenvalue weighted by Gasteiger charge is 2.28. The van der Waals surface area contributed by atoms with E-state index in [1.54, 1.807) is 12.1 Å². The molecular formula is C24H31FN2O3. The fourth-order valence-electron chi connectivity index (χ4n) is 3.32. The molecule has 0 radical (unpaired) electrons. The second-order valence-corrected chi connectivity index (χ2v) is 7.48. The monoisotopic (exact) mass is 414 g/mol. The fourth-order valence-corrected chi connectivity index (χ4v) is 3.32. The van der Waals surface area contributed by atoms with E-state index in [1.165, 1.54) is 17.0 Å². The number of hydrogen-bond acceptors (Lipinski definition) is 3. The molecular weight excluding hydrogens is 383 g/mol. The van der Waals surface area contributed by atoms with Crippen LogP contribution in [0.3, 0.4) is 0 Å². The Morgan fingerprint density at radius 3 is 2.27 bits per heavy atom. The Bertz CT molecular complexity index is 832. The molecule has 162 valence electrons. The van der Waals surface area contributed by atoms with Crippen molar-refractivity contribution in [1.29, 1.82) is 0 Å². The van der Waals surface area contributed by atoms with E-state index in [0.29, 0.717) is 18.7 Å². The second kappa shape index (κ2) is 11.3. The number of halogens is 1. The van der Waals surface area contributed by atoms with Gasteiger partial charge in [-0.2, -0.15) is 0 Å². The molecule has 0 fully saturated rings. The summed E-state index contributed by atoms with van der Waals surface area (Å²) in [5, 5.41) is 2.87. The molecule has 2 aromatic rings. The van der Waals surface area contributed by atoms with Gasteiger partial charge in [-0.15, -0.1) is 0 Å². The first-order chi connectivity index (χ1) is 14.3. The van der Waals surface area contributed by atoms with Crippen LogP contribution in [0.1, 0.15) is 43.4 Å². The first kappa shape index (κ1) is 23.4. The van der Waals surface area contributed by atoms with E-state index in [2.05, 4.69) is 5.32 Å². The van der Waals surface area contributed by atoms with Gasteiger partial charge in [-0.1, -0.05) is 32.0 Å². The van der Waals surface area contributed by atoms with Crippen LogP contribution in [-0.4, -0.2) is 35.9 Å². The van der Waals surface area contributed by atoms with E-state index in [0.717, 1.165) is 23.1 Å². The highest BCUT2D eigenvalue weighted by Crippen LogP contribution is 2.18. The number of nitrogens with one attached hydrogen (secondary N) is 1. The zero-order valence-corrected chi connectivity index (χ0v) is 18.2. The van der Waals surface area contributed by atoms with Gasteiger partial charge in [0.25, 0.3) is 5.91 Å². The summed E-state index contributed by atoms with van der Waals surface area (Å²) in [6.45, 7) is 8.34. The van der Waals surface area contributed by atoms with Gasteiger partial charge in [-0.05, 0) is 67.6 Å². The van der Waals surface area contributed by atoms with E-state index in [4.69, 9.17) is 4.74 Å². The predicted molar refractivity (Wildman–Crippen MR) is 116 cm³/mol. The molecule has 0 aliphatic heterocycles. The minimum atomic E-state index is -0.628. The molecule has 0 aliphatic carbocycles. The number of nitrogens with zero attached hydrogens (tertiary/aromatic N) is 1. The highest BCUT2D eigenvalue weighted by atomic mass is 19.1. The predicted octanol–water partition coefficient (Wildman–Crippen LogP) is 4.15. The minimum Gasteiger partial charge on any atom is -0.484 e. The first-order valence-corrected chi connectivity index (χ1v) is 10.4. The van der Waals surface area contributed by atoms with Gasteiger partial charge in [0.2, 0.25) is 5.91 Å². The van der Waals surface area contributed by atoms with Gasteiger partial charge in [0.1, 0.15) is 17.6 Å². The fraction of sp³-hybridized carbons (Fsp3) is 0.417. The molecule has 0 saturated carbocycles. The molecule has 2 rings (SSSR count). The molecule has 30 heavy (non-hydrogen) atoms. The molecule has 2 amide bonds. The van der Waals surface area contributed by atoms with Crippen molar-refractivity contribution in [3.8, 4) is 5.75 Å². The Morgan fingerprint density at radius 2 is 1.70 bits per heavy atom. The first-order valence-electron chi connectivity index (χ1n) is 10.4. The summed E-state index contributed by atoms with van der Waals surface area (Å²) in [4.78, 5) is 27.3. The van der Waals surface area contributed by atoms with E-state index in [1.807, 2.05) is 45.9 Å². The van der Waals surface area contributed by atoms with Gasteiger partial charge in [0.05, 0.1) is 0 Å². The van der Waals surface area contributed by atoms with Gasteiger partial charge in [0, 0.05) is 13.1 Å². The topological polar surface area (TPSA) is 58.6 Å². The van der Waals surface area contributed by atoms with E-state index in [9.17, 15) is 14.0 Å². The maximum atomic E-state index is 13.3. The SMILES string of the molecule is CCCNC(=O)C(CC)N(Cc1ccc(F)cc1)C(=O)COc1cc(C)cc(C)c1. The zero-order valence-electron chi connectivity index (χ0n) is 18.2. The second-order valence-electron chi connectivity index (χ2n) is 7.48. The lowest BCUT2D eigenvalue weighted by atomic mass is 10.1. The number of aryl methyl sites for hydroxylation is 2. The van der Waals surface area contributed by atoms with Crippen LogP contribution < -0.4 is 10.1 Å². The third-order valence-corrected chi connectivity index (χ3v) is 4.76. The van der Waals surface area contributed by atoms with Crippen molar-refractivity contribution in [3.63, 3.8) is 0 Å². The lowest BCUT2D eigenvalue weighted by molar-refractivity contribution is -0.143. The van der Waals surface area contributed by atoms with Gasteiger partial charge in [-0.25, -0.2) is 4.39 Å². The largest absolute Gasteiger partial charge is 0.484 e. The summed E-state index contributed by atoms with van der Waals surface area (Å²) in [6.07, 6.45) is 1.27.